The van der Waals surface area contributed by atoms with Gasteiger partial charge in [0, 0.05) is 6.04 Å². The van der Waals surface area contributed by atoms with Gasteiger partial charge in [-0.05, 0) is 18.8 Å². The third-order valence-corrected chi connectivity index (χ3v) is 2.85. The predicted molar refractivity (Wildman–Crippen MR) is 50.5 cm³/mol. The number of rotatable bonds is 3. The second-order valence-corrected chi connectivity index (χ2v) is 4.37. The third-order valence-electron chi connectivity index (χ3n) is 2.85. The van der Waals surface area contributed by atoms with Gasteiger partial charge >= 0.3 is 12.3 Å². The van der Waals surface area contributed by atoms with E-state index in [1.54, 1.807) is 0 Å². The second kappa shape index (κ2) is 5.01. The normalized spacial score (nSPS) is 26.9. The monoisotopic (exact) mass is 241 g/mol. The molecule has 16 heavy (non-hydrogen) atoms. The SMILES string of the molecule is CC1CCCC(NC(=O)C(F)(F)C(F)F)C1. The van der Waals surface area contributed by atoms with Crippen LogP contribution in [0.4, 0.5) is 17.6 Å². The van der Waals surface area contributed by atoms with Crippen LogP contribution in [0.25, 0.3) is 0 Å². The largest absolute Gasteiger partial charge is 0.383 e. The molecule has 1 rings (SSSR count). The Morgan fingerprint density at radius 2 is 2.00 bits per heavy atom. The fraction of sp³-hybridized carbons (Fsp3) is 0.900. The molecule has 2 unspecified atom stereocenters. The summed E-state index contributed by atoms with van der Waals surface area (Å²) in [6.07, 6.45) is -0.988. The Morgan fingerprint density at radius 3 is 2.50 bits per heavy atom. The molecule has 1 saturated carbocycles. The molecular formula is C10H15F4NO. The molecule has 0 aromatic rings. The molecule has 1 N–H and O–H groups in total. The van der Waals surface area contributed by atoms with Gasteiger partial charge in [-0.25, -0.2) is 8.78 Å². The summed E-state index contributed by atoms with van der Waals surface area (Å²) in [5, 5.41) is 2.00. The van der Waals surface area contributed by atoms with Crippen molar-refractivity contribution in [2.45, 2.75) is 51.0 Å². The highest BCUT2D eigenvalue weighted by molar-refractivity contribution is 5.84. The first-order valence-corrected chi connectivity index (χ1v) is 5.31. The fourth-order valence-corrected chi connectivity index (χ4v) is 1.95. The quantitative estimate of drug-likeness (QED) is 0.756. The molecule has 0 aromatic carbocycles. The minimum atomic E-state index is -4.58. The average Bonchev–Trinajstić information content (AvgIpc) is 2.17. The highest BCUT2D eigenvalue weighted by atomic mass is 19.3. The Hall–Kier alpha value is -0.810. The molecular weight excluding hydrogens is 226 g/mol. The Kier molecular flexibility index (Phi) is 4.15. The summed E-state index contributed by atoms with van der Waals surface area (Å²) in [6.45, 7) is 1.95. The van der Waals surface area contributed by atoms with Crippen LogP contribution < -0.4 is 5.32 Å². The molecule has 1 aliphatic carbocycles. The predicted octanol–water partition coefficient (Wildman–Crippen LogP) is 2.58. The summed E-state index contributed by atoms with van der Waals surface area (Å²) in [4.78, 5) is 10.9. The zero-order valence-corrected chi connectivity index (χ0v) is 8.98. The lowest BCUT2D eigenvalue weighted by Crippen LogP contribution is -2.49. The number of hydrogen-bond acceptors (Lipinski definition) is 1. The molecule has 1 aliphatic rings. The number of nitrogens with one attached hydrogen (secondary N) is 1. The molecule has 0 heterocycles. The van der Waals surface area contributed by atoms with Crippen molar-refractivity contribution in [1.29, 1.82) is 0 Å². The van der Waals surface area contributed by atoms with E-state index in [1.165, 1.54) is 0 Å². The van der Waals surface area contributed by atoms with E-state index in [9.17, 15) is 22.4 Å². The van der Waals surface area contributed by atoms with Gasteiger partial charge in [-0.2, -0.15) is 8.78 Å². The maximum atomic E-state index is 12.6. The highest BCUT2D eigenvalue weighted by Gasteiger charge is 2.49. The van der Waals surface area contributed by atoms with Crippen molar-refractivity contribution in [3.05, 3.63) is 0 Å². The van der Waals surface area contributed by atoms with E-state index < -0.39 is 24.3 Å². The van der Waals surface area contributed by atoms with Gasteiger partial charge in [0.15, 0.2) is 0 Å². The molecule has 6 heteroatoms. The van der Waals surface area contributed by atoms with E-state index in [0.29, 0.717) is 18.8 Å². The first-order valence-electron chi connectivity index (χ1n) is 5.31. The van der Waals surface area contributed by atoms with E-state index in [-0.39, 0.29) is 0 Å². The third kappa shape index (κ3) is 3.09. The standard InChI is InChI=1S/C10H15F4NO/c1-6-3-2-4-7(5-6)15-9(16)10(13,14)8(11)12/h6-8H,2-5H2,1H3,(H,15,16). The van der Waals surface area contributed by atoms with Crippen molar-refractivity contribution in [3.63, 3.8) is 0 Å². The van der Waals surface area contributed by atoms with Crippen LogP contribution in [-0.2, 0) is 4.79 Å². The van der Waals surface area contributed by atoms with Gasteiger partial charge in [0.25, 0.3) is 5.91 Å². The van der Waals surface area contributed by atoms with Crippen LogP contribution in [0.3, 0.4) is 0 Å². The molecule has 2 atom stereocenters. The molecule has 1 fully saturated rings. The van der Waals surface area contributed by atoms with Gasteiger partial charge in [-0.1, -0.05) is 19.8 Å². The number of halogens is 4. The summed E-state index contributed by atoms with van der Waals surface area (Å²) in [5.41, 5.74) is 0. The molecule has 94 valence electrons. The van der Waals surface area contributed by atoms with Gasteiger partial charge < -0.3 is 5.32 Å². The van der Waals surface area contributed by atoms with Crippen molar-refractivity contribution >= 4 is 5.91 Å². The van der Waals surface area contributed by atoms with E-state index in [0.717, 1.165) is 12.8 Å². The van der Waals surface area contributed by atoms with Crippen LogP contribution >= 0.6 is 0 Å². The van der Waals surface area contributed by atoms with Crippen LogP contribution in [0, 0.1) is 5.92 Å². The van der Waals surface area contributed by atoms with E-state index >= 15 is 0 Å². The minimum Gasteiger partial charge on any atom is -0.348 e. The maximum absolute atomic E-state index is 12.6. The van der Waals surface area contributed by atoms with Gasteiger partial charge in [0.2, 0.25) is 0 Å². The second-order valence-electron chi connectivity index (χ2n) is 4.37. The molecule has 0 saturated heterocycles. The van der Waals surface area contributed by atoms with Crippen molar-refractivity contribution in [3.8, 4) is 0 Å². The van der Waals surface area contributed by atoms with Crippen LogP contribution in [0.1, 0.15) is 32.6 Å². The zero-order valence-electron chi connectivity index (χ0n) is 8.98. The zero-order chi connectivity index (χ0) is 12.3. The molecule has 0 aliphatic heterocycles. The van der Waals surface area contributed by atoms with Crippen LogP contribution in [0.5, 0.6) is 0 Å². The van der Waals surface area contributed by atoms with Gasteiger partial charge in [-0.3, -0.25) is 4.79 Å². The Labute approximate surface area is 91.4 Å². The summed E-state index contributed by atoms with van der Waals surface area (Å²) < 4.78 is 49.0. The molecule has 1 amide bonds. The van der Waals surface area contributed by atoms with E-state index in [1.807, 2.05) is 12.2 Å². The summed E-state index contributed by atoms with van der Waals surface area (Å²) in [6, 6.07) is -0.402. The number of hydrogen-bond donors (Lipinski definition) is 1. The van der Waals surface area contributed by atoms with Gasteiger partial charge in [-0.15, -0.1) is 0 Å². The smallest absolute Gasteiger partial charge is 0.348 e. The maximum Gasteiger partial charge on any atom is 0.383 e. The Bertz CT molecular complexity index is 257. The van der Waals surface area contributed by atoms with E-state index in [4.69, 9.17) is 0 Å². The average molecular weight is 241 g/mol. The van der Waals surface area contributed by atoms with Crippen molar-refractivity contribution in [1.82, 2.24) is 5.32 Å². The molecule has 0 spiro atoms. The molecule has 0 bridgehead atoms. The van der Waals surface area contributed by atoms with Crippen molar-refractivity contribution < 1.29 is 22.4 Å². The van der Waals surface area contributed by atoms with Crippen molar-refractivity contribution in [2.75, 3.05) is 0 Å². The lowest BCUT2D eigenvalue weighted by Gasteiger charge is -2.28. The van der Waals surface area contributed by atoms with Gasteiger partial charge in [0.1, 0.15) is 0 Å². The van der Waals surface area contributed by atoms with Crippen LogP contribution in [-0.4, -0.2) is 24.3 Å². The Morgan fingerprint density at radius 1 is 1.38 bits per heavy atom. The first-order chi connectivity index (χ1) is 7.34. The number of amides is 1. The van der Waals surface area contributed by atoms with Gasteiger partial charge in [0.05, 0.1) is 0 Å². The Balaban J connectivity index is 2.50. The topological polar surface area (TPSA) is 29.1 Å². The fourth-order valence-electron chi connectivity index (χ4n) is 1.95. The number of carbonyl (C=O) groups excluding carboxylic acids is 1. The summed E-state index contributed by atoms with van der Waals surface area (Å²) in [7, 11) is 0. The molecule has 2 nitrogen and oxygen atoms in total. The lowest BCUT2D eigenvalue weighted by molar-refractivity contribution is -0.170. The van der Waals surface area contributed by atoms with E-state index in [2.05, 4.69) is 0 Å². The molecule has 0 radical (unpaired) electrons. The van der Waals surface area contributed by atoms with Crippen molar-refractivity contribution in [2.24, 2.45) is 5.92 Å². The summed E-state index contributed by atoms with van der Waals surface area (Å²) in [5.74, 6) is -6.11. The lowest BCUT2D eigenvalue weighted by atomic mass is 9.87. The van der Waals surface area contributed by atoms with Crippen LogP contribution in [0.2, 0.25) is 0 Å². The van der Waals surface area contributed by atoms with Crippen LogP contribution in [0.15, 0.2) is 0 Å². The molecule has 0 aromatic heterocycles. The highest BCUT2D eigenvalue weighted by Crippen LogP contribution is 2.26. The first kappa shape index (κ1) is 13.3. The minimum absolute atomic E-state index is 0.333. The number of alkyl halides is 4. The number of carbonyl (C=O) groups is 1. The summed E-state index contributed by atoms with van der Waals surface area (Å²) >= 11 is 0.